The van der Waals surface area contributed by atoms with Crippen molar-refractivity contribution in [3.8, 4) is 0 Å². The molecule has 0 aromatic rings. The zero-order valence-corrected chi connectivity index (χ0v) is 7.36. The largest absolute Gasteiger partial charge is 0.247 e. The van der Waals surface area contributed by atoms with E-state index in [0.717, 1.165) is 25.7 Å². The van der Waals surface area contributed by atoms with Crippen molar-refractivity contribution in [2.24, 2.45) is 5.92 Å². The minimum Gasteiger partial charge on any atom is -0.247 e. The third-order valence-corrected chi connectivity index (χ3v) is 1.93. The number of rotatable bonds is 5. The zero-order valence-electron chi connectivity index (χ0n) is 7.36. The van der Waals surface area contributed by atoms with E-state index in [4.69, 9.17) is 0 Å². The van der Waals surface area contributed by atoms with E-state index in [2.05, 4.69) is 6.92 Å². The Labute approximate surface area is 63.8 Å². The first-order valence-electron chi connectivity index (χ1n) is 4.36. The van der Waals surface area contributed by atoms with Crippen LogP contribution in [0.1, 0.15) is 46.5 Å². The molecule has 0 spiro atoms. The van der Waals surface area contributed by atoms with Crippen molar-refractivity contribution in [2.75, 3.05) is 0 Å². The highest BCUT2D eigenvalue weighted by atomic mass is 19.1. The van der Waals surface area contributed by atoms with Crippen LogP contribution in [0.5, 0.6) is 0 Å². The Balaban J connectivity index is 3.38. The Bertz CT molecular complexity index is 61.1. The van der Waals surface area contributed by atoms with Gasteiger partial charge in [-0.15, -0.1) is 0 Å². The fraction of sp³-hybridized carbons (Fsp3) is 1.00. The van der Waals surface area contributed by atoms with Crippen molar-refractivity contribution in [3.63, 3.8) is 0 Å². The van der Waals surface area contributed by atoms with Crippen molar-refractivity contribution in [1.82, 2.24) is 0 Å². The first-order chi connectivity index (χ1) is 4.72. The Morgan fingerprint density at radius 1 is 1.10 bits per heavy atom. The summed E-state index contributed by atoms with van der Waals surface area (Å²) in [6.07, 6.45) is 3.27. The van der Waals surface area contributed by atoms with E-state index in [9.17, 15) is 4.39 Å². The summed E-state index contributed by atoms with van der Waals surface area (Å²) in [6.45, 7) is 6.14. The molecule has 0 heterocycles. The van der Waals surface area contributed by atoms with Crippen molar-refractivity contribution in [1.29, 1.82) is 0 Å². The number of hydrogen-bond acceptors (Lipinski definition) is 0. The maximum atomic E-state index is 13.0. The molecule has 0 radical (unpaired) electrons. The van der Waals surface area contributed by atoms with E-state index in [1.807, 2.05) is 13.8 Å². The van der Waals surface area contributed by atoms with Crippen molar-refractivity contribution in [2.45, 2.75) is 52.6 Å². The summed E-state index contributed by atoms with van der Waals surface area (Å²) in [6, 6.07) is 0. The summed E-state index contributed by atoms with van der Waals surface area (Å²) in [5.74, 6) is 0.268. The highest BCUT2D eigenvalue weighted by Crippen LogP contribution is 2.17. The van der Waals surface area contributed by atoms with Gasteiger partial charge in [-0.05, 0) is 18.8 Å². The van der Waals surface area contributed by atoms with Gasteiger partial charge >= 0.3 is 0 Å². The van der Waals surface area contributed by atoms with Crippen LogP contribution in [0, 0.1) is 5.92 Å². The maximum Gasteiger partial charge on any atom is 0.103 e. The second-order valence-electron chi connectivity index (χ2n) is 3.07. The van der Waals surface area contributed by atoms with E-state index in [-0.39, 0.29) is 5.92 Å². The molecule has 0 N–H and O–H groups in total. The molecule has 0 amide bonds. The average molecular weight is 146 g/mol. The van der Waals surface area contributed by atoms with Gasteiger partial charge in [0.2, 0.25) is 0 Å². The summed E-state index contributed by atoms with van der Waals surface area (Å²) < 4.78 is 13.0. The lowest BCUT2D eigenvalue weighted by atomic mass is 9.97. The van der Waals surface area contributed by atoms with Crippen LogP contribution in [0.25, 0.3) is 0 Å². The predicted octanol–water partition coefficient (Wildman–Crippen LogP) is 3.56. The van der Waals surface area contributed by atoms with E-state index in [0.29, 0.717) is 0 Å². The fourth-order valence-corrected chi connectivity index (χ4v) is 1.20. The molecular weight excluding hydrogens is 127 g/mol. The molecule has 0 saturated heterocycles. The lowest BCUT2D eigenvalue weighted by Gasteiger charge is -2.14. The summed E-state index contributed by atoms with van der Waals surface area (Å²) in [5.41, 5.74) is 0. The summed E-state index contributed by atoms with van der Waals surface area (Å²) in [5, 5.41) is 0. The molecule has 62 valence electrons. The lowest BCUT2D eigenvalue weighted by Crippen LogP contribution is -2.11. The third kappa shape index (κ3) is 3.86. The van der Waals surface area contributed by atoms with Crippen molar-refractivity contribution in [3.05, 3.63) is 0 Å². The SMILES string of the molecule is CCCC(C)C(F)CCC. The molecule has 0 rings (SSSR count). The highest BCUT2D eigenvalue weighted by Gasteiger charge is 2.13. The van der Waals surface area contributed by atoms with Crippen molar-refractivity contribution < 1.29 is 4.39 Å². The van der Waals surface area contributed by atoms with E-state index in [1.165, 1.54) is 0 Å². The Kier molecular flexibility index (Phi) is 5.66. The minimum absolute atomic E-state index is 0.268. The van der Waals surface area contributed by atoms with Gasteiger partial charge < -0.3 is 0 Å². The van der Waals surface area contributed by atoms with Gasteiger partial charge in [-0.2, -0.15) is 0 Å². The van der Waals surface area contributed by atoms with Gasteiger partial charge in [0.05, 0.1) is 0 Å². The summed E-state index contributed by atoms with van der Waals surface area (Å²) >= 11 is 0. The Morgan fingerprint density at radius 3 is 2.00 bits per heavy atom. The second-order valence-corrected chi connectivity index (χ2v) is 3.07. The van der Waals surface area contributed by atoms with Gasteiger partial charge in [0.1, 0.15) is 6.17 Å². The van der Waals surface area contributed by atoms with Crippen LogP contribution in [0.4, 0.5) is 4.39 Å². The minimum atomic E-state index is -0.565. The Hall–Kier alpha value is -0.0700. The molecule has 0 aromatic carbocycles. The maximum absolute atomic E-state index is 13.0. The summed E-state index contributed by atoms with van der Waals surface area (Å²) in [4.78, 5) is 0. The molecule has 10 heavy (non-hydrogen) atoms. The second kappa shape index (κ2) is 5.70. The van der Waals surface area contributed by atoms with Crippen LogP contribution in [-0.2, 0) is 0 Å². The monoisotopic (exact) mass is 146 g/mol. The van der Waals surface area contributed by atoms with Crippen LogP contribution >= 0.6 is 0 Å². The number of hydrogen-bond donors (Lipinski definition) is 0. The van der Waals surface area contributed by atoms with Gasteiger partial charge in [-0.3, -0.25) is 0 Å². The molecule has 2 unspecified atom stereocenters. The summed E-state index contributed by atoms with van der Waals surface area (Å²) in [7, 11) is 0. The van der Waals surface area contributed by atoms with Crippen LogP contribution in [0.2, 0.25) is 0 Å². The van der Waals surface area contributed by atoms with Gasteiger partial charge in [0.25, 0.3) is 0 Å². The van der Waals surface area contributed by atoms with E-state index < -0.39 is 6.17 Å². The van der Waals surface area contributed by atoms with Crippen LogP contribution < -0.4 is 0 Å². The molecule has 0 aliphatic heterocycles. The van der Waals surface area contributed by atoms with E-state index >= 15 is 0 Å². The zero-order chi connectivity index (χ0) is 7.98. The van der Waals surface area contributed by atoms with Gasteiger partial charge in [-0.1, -0.05) is 33.6 Å². The standard InChI is InChI=1S/C9H19F/c1-4-6-8(3)9(10)7-5-2/h8-9H,4-7H2,1-3H3. The Morgan fingerprint density at radius 2 is 1.60 bits per heavy atom. The van der Waals surface area contributed by atoms with Crippen LogP contribution in [-0.4, -0.2) is 6.17 Å². The smallest absolute Gasteiger partial charge is 0.103 e. The quantitative estimate of drug-likeness (QED) is 0.556. The number of alkyl halides is 1. The van der Waals surface area contributed by atoms with Crippen molar-refractivity contribution >= 4 is 0 Å². The van der Waals surface area contributed by atoms with Gasteiger partial charge in [0.15, 0.2) is 0 Å². The fourth-order valence-electron chi connectivity index (χ4n) is 1.20. The number of halogens is 1. The average Bonchev–Trinajstić information content (AvgIpc) is 1.89. The molecule has 0 aliphatic rings. The molecule has 2 atom stereocenters. The normalized spacial score (nSPS) is 16.8. The molecule has 0 saturated carbocycles. The molecular formula is C9H19F. The topological polar surface area (TPSA) is 0 Å². The highest BCUT2D eigenvalue weighted by molar-refractivity contribution is 4.63. The molecule has 0 aromatic heterocycles. The molecule has 0 nitrogen and oxygen atoms in total. The lowest BCUT2D eigenvalue weighted by molar-refractivity contribution is 0.215. The van der Waals surface area contributed by atoms with Gasteiger partial charge in [0, 0.05) is 0 Å². The first-order valence-corrected chi connectivity index (χ1v) is 4.36. The first kappa shape index (κ1) is 9.93. The van der Waals surface area contributed by atoms with Crippen LogP contribution in [0.15, 0.2) is 0 Å². The molecule has 0 aliphatic carbocycles. The predicted molar refractivity (Wildman–Crippen MR) is 43.9 cm³/mol. The molecule has 0 fully saturated rings. The third-order valence-electron chi connectivity index (χ3n) is 1.93. The van der Waals surface area contributed by atoms with Gasteiger partial charge in [-0.25, -0.2) is 4.39 Å². The van der Waals surface area contributed by atoms with Crippen LogP contribution in [0.3, 0.4) is 0 Å². The molecule has 1 heteroatoms. The molecule has 0 bridgehead atoms. The van der Waals surface area contributed by atoms with E-state index in [1.54, 1.807) is 0 Å².